The normalized spacial score (nSPS) is 21.8. The van der Waals surface area contributed by atoms with Gasteiger partial charge in [0.15, 0.2) is 0 Å². The number of hydrogen-bond acceptors (Lipinski definition) is 4. The van der Waals surface area contributed by atoms with Crippen molar-refractivity contribution in [2.24, 2.45) is 0 Å². The first-order valence-corrected chi connectivity index (χ1v) is 8.09. The molecule has 3 rings (SSSR count). The third-order valence-corrected chi connectivity index (χ3v) is 4.96. The summed E-state index contributed by atoms with van der Waals surface area (Å²) >= 11 is 6.62. The number of thiocarbonyl (C=S) groups is 1. The van der Waals surface area contributed by atoms with E-state index in [1.54, 1.807) is 23.1 Å². The quantitative estimate of drug-likeness (QED) is 0.630. The molecule has 0 unspecified atom stereocenters. The number of nitrogens with zero attached hydrogens (tertiary/aromatic N) is 2. The highest BCUT2D eigenvalue weighted by Crippen LogP contribution is 2.32. The monoisotopic (exact) mass is 322 g/mol. The topological polar surface area (TPSA) is 23.6 Å². The molecular formula is C15H15FN2OS2. The molecule has 0 saturated carbocycles. The average Bonchev–Trinajstić information content (AvgIpc) is 3.06. The van der Waals surface area contributed by atoms with E-state index in [0.717, 1.165) is 18.7 Å². The molecule has 2 aliphatic heterocycles. The van der Waals surface area contributed by atoms with Crippen molar-refractivity contribution in [2.45, 2.75) is 12.8 Å². The van der Waals surface area contributed by atoms with E-state index in [9.17, 15) is 9.18 Å². The first-order chi connectivity index (χ1) is 10.1. The Labute approximate surface area is 132 Å². The summed E-state index contributed by atoms with van der Waals surface area (Å²) in [6, 6.07) is 6.08. The molecule has 0 aromatic heterocycles. The Morgan fingerprint density at radius 3 is 2.57 bits per heavy atom. The van der Waals surface area contributed by atoms with Gasteiger partial charge in [-0.2, -0.15) is 0 Å². The molecule has 6 heteroatoms. The van der Waals surface area contributed by atoms with E-state index < -0.39 is 0 Å². The zero-order valence-corrected chi connectivity index (χ0v) is 13.1. The largest absolute Gasteiger partial charge is 0.286 e. The highest BCUT2D eigenvalue weighted by atomic mass is 32.2. The van der Waals surface area contributed by atoms with E-state index in [-0.39, 0.29) is 11.7 Å². The van der Waals surface area contributed by atoms with Gasteiger partial charge >= 0.3 is 0 Å². The van der Waals surface area contributed by atoms with Crippen molar-refractivity contribution in [3.8, 4) is 0 Å². The molecule has 0 spiro atoms. The van der Waals surface area contributed by atoms with Gasteiger partial charge in [0, 0.05) is 0 Å². The van der Waals surface area contributed by atoms with Crippen LogP contribution in [-0.2, 0) is 4.79 Å². The zero-order chi connectivity index (χ0) is 14.8. The molecule has 1 amide bonds. The lowest BCUT2D eigenvalue weighted by molar-refractivity contribution is -0.123. The molecule has 0 atom stereocenters. The van der Waals surface area contributed by atoms with Gasteiger partial charge in [-0.3, -0.25) is 14.6 Å². The summed E-state index contributed by atoms with van der Waals surface area (Å²) in [7, 11) is 0. The standard InChI is InChI=1S/C15H15FN2OS2/c16-12-5-3-11(4-6-12)9-13-14(19)18(15(20)21-13)10-17-7-1-2-8-17/h3-6,9H,1-2,7-8,10H2/b13-9-. The van der Waals surface area contributed by atoms with E-state index in [0.29, 0.717) is 15.9 Å². The van der Waals surface area contributed by atoms with Gasteiger partial charge < -0.3 is 0 Å². The van der Waals surface area contributed by atoms with Gasteiger partial charge in [0.1, 0.15) is 10.1 Å². The minimum Gasteiger partial charge on any atom is -0.286 e. The van der Waals surface area contributed by atoms with E-state index in [2.05, 4.69) is 4.90 Å². The number of carbonyl (C=O) groups is 1. The van der Waals surface area contributed by atoms with Crippen LogP contribution in [0.2, 0.25) is 0 Å². The molecule has 0 bridgehead atoms. The average molecular weight is 322 g/mol. The Morgan fingerprint density at radius 2 is 1.90 bits per heavy atom. The fourth-order valence-corrected chi connectivity index (χ4v) is 3.70. The molecule has 1 aromatic carbocycles. The Hall–Kier alpha value is -1.24. The van der Waals surface area contributed by atoms with Crippen molar-refractivity contribution < 1.29 is 9.18 Å². The second-order valence-electron chi connectivity index (χ2n) is 5.13. The minimum atomic E-state index is -0.284. The van der Waals surface area contributed by atoms with Gasteiger partial charge in [-0.25, -0.2) is 4.39 Å². The van der Waals surface area contributed by atoms with Crippen LogP contribution in [-0.4, -0.2) is 39.8 Å². The Bertz CT molecular complexity index is 594. The second kappa shape index (κ2) is 6.25. The van der Waals surface area contributed by atoms with E-state index in [1.165, 1.54) is 36.7 Å². The van der Waals surface area contributed by atoms with Gasteiger partial charge in [0.05, 0.1) is 11.6 Å². The first kappa shape index (κ1) is 14.7. The fourth-order valence-electron chi connectivity index (χ4n) is 2.46. The molecule has 2 aliphatic rings. The van der Waals surface area contributed by atoms with Gasteiger partial charge in [-0.1, -0.05) is 36.1 Å². The van der Waals surface area contributed by atoms with Crippen LogP contribution >= 0.6 is 24.0 Å². The molecule has 0 N–H and O–H groups in total. The van der Waals surface area contributed by atoms with Crippen LogP contribution in [0.15, 0.2) is 29.2 Å². The lowest BCUT2D eigenvalue weighted by atomic mass is 10.2. The van der Waals surface area contributed by atoms with Crippen molar-refractivity contribution in [1.82, 2.24) is 9.80 Å². The number of likely N-dealkylation sites (tertiary alicyclic amines) is 1. The van der Waals surface area contributed by atoms with Crippen LogP contribution in [0.4, 0.5) is 4.39 Å². The summed E-state index contributed by atoms with van der Waals surface area (Å²) in [4.78, 5) is 16.9. The number of rotatable bonds is 3. The van der Waals surface area contributed by atoms with Gasteiger partial charge in [-0.05, 0) is 49.7 Å². The first-order valence-electron chi connectivity index (χ1n) is 6.87. The Morgan fingerprint density at radius 1 is 1.24 bits per heavy atom. The highest BCUT2D eigenvalue weighted by Gasteiger charge is 2.33. The van der Waals surface area contributed by atoms with Crippen LogP contribution < -0.4 is 0 Å². The van der Waals surface area contributed by atoms with Gasteiger partial charge in [0.2, 0.25) is 0 Å². The summed E-state index contributed by atoms with van der Waals surface area (Å²) in [5, 5.41) is 0. The minimum absolute atomic E-state index is 0.0544. The summed E-state index contributed by atoms with van der Waals surface area (Å²) in [6.07, 6.45) is 4.13. The van der Waals surface area contributed by atoms with E-state index >= 15 is 0 Å². The molecular weight excluding hydrogens is 307 g/mol. The maximum atomic E-state index is 12.9. The lowest BCUT2D eigenvalue weighted by Gasteiger charge is -2.22. The predicted octanol–water partition coefficient (Wildman–Crippen LogP) is 3.08. The molecule has 0 aliphatic carbocycles. The fraction of sp³-hybridized carbons (Fsp3) is 0.333. The maximum Gasteiger partial charge on any atom is 0.267 e. The summed E-state index contributed by atoms with van der Waals surface area (Å²) in [5.41, 5.74) is 0.804. The van der Waals surface area contributed by atoms with Crippen LogP contribution in [0.25, 0.3) is 6.08 Å². The predicted molar refractivity (Wildman–Crippen MR) is 87.1 cm³/mol. The summed E-state index contributed by atoms with van der Waals surface area (Å²) < 4.78 is 13.5. The second-order valence-corrected chi connectivity index (χ2v) is 6.80. The molecule has 0 radical (unpaired) electrons. The van der Waals surface area contributed by atoms with Gasteiger partial charge in [0.25, 0.3) is 5.91 Å². The molecule has 1 aromatic rings. The summed E-state index contributed by atoms with van der Waals surface area (Å²) in [6.45, 7) is 2.62. The molecule has 2 fully saturated rings. The molecule has 2 saturated heterocycles. The van der Waals surface area contributed by atoms with Crippen molar-refractivity contribution in [3.63, 3.8) is 0 Å². The number of thioether (sulfide) groups is 1. The van der Waals surface area contributed by atoms with Crippen molar-refractivity contribution >= 4 is 40.3 Å². The van der Waals surface area contributed by atoms with Crippen molar-refractivity contribution in [2.75, 3.05) is 19.8 Å². The Kier molecular flexibility index (Phi) is 4.37. The molecule has 2 heterocycles. The van der Waals surface area contributed by atoms with Crippen LogP contribution in [0.3, 0.4) is 0 Å². The molecule has 21 heavy (non-hydrogen) atoms. The third kappa shape index (κ3) is 3.33. The lowest BCUT2D eigenvalue weighted by Crippen LogP contribution is -2.38. The number of amides is 1. The number of hydrogen-bond donors (Lipinski definition) is 0. The van der Waals surface area contributed by atoms with Crippen LogP contribution in [0.1, 0.15) is 18.4 Å². The van der Waals surface area contributed by atoms with Crippen molar-refractivity contribution in [1.29, 1.82) is 0 Å². The molecule has 3 nitrogen and oxygen atoms in total. The molecule has 110 valence electrons. The third-order valence-electron chi connectivity index (χ3n) is 3.58. The zero-order valence-electron chi connectivity index (χ0n) is 11.4. The SMILES string of the molecule is O=C1/C(=C/c2ccc(F)cc2)SC(=S)N1CN1CCCC1. The Balaban J connectivity index is 1.74. The number of benzene rings is 1. The number of carbonyl (C=O) groups excluding carboxylic acids is 1. The highest BCUT2D eigenvalue weighted by molar-refractivity contribution is 8.26. The smallest absolute Gasteiger partial charge is 0.267 e. The van der Waals surface area contributed by atoms with E-state index in [4.69, 9.17) is 12.2 Å². The van der Waals surface area contributed by atoms with E-state index in [1.807, 2.05) is 0 Å². The number of halogens is 1. The van der Waals surface area contributed by atoms with Crippen molar-refractivity contribution in [3.05, 3.63) is 40.6 Å². The van der Waals surface area contributed by atoms with Crippen LogP contribution in [0.5, 0.6) is 0 Å². The van der Waals surface area contributed by atoms with Crippen LogP contribution in [0, 0.1) is 5.82 Å². The summed E-state index contributed by atoms with van der Waals surface area (Å²) in [5.74, 6) is -0.338. The van der Waals surface area contributed by atoms with Gasteiger partial charge in [-0.15, -0.1) is 0 Å². The maximum absolute atomic E-state index is 12.9.